The Kier molecular flexibility index (Phi) is 4.78. The molecule has 1 amide bonds. The largest absolute Gasteiger partial charge is 0.344 e. The number of hydrogen-bond acceptors (Lipinski definition) is 2. The molecule has 0 spiro atoms. The molecule has 23 heavy (non-hydrogen) atoms. The summed E-state index contributed by atoms with van der Waals surface area (Å²) in [5, 5.41) is 4.98. The molecule has 0 aliphatic heterocycles. The second-order valence-electron chi connectivity index (χ2n) is 5.76. The SMILES string of the molecule is O=C(NCC#Cc1ccc(F)cc1)C1(c2cccs2)CCCC1. The molecule has 1 aliphatic carbocycles. The molecule has 1 N–H and O–H groups in total. The molecule has 1 fully saturated rings. The minimum Gasteiger partial charge on any atom is -0.344 e. The Bertz CT molecular complexity index is 719. The maximum absolute atomic E-state index is 12.8. The van der Waals surface area contributed by atoms with Crippen molar-refractivity contribution >= 4 is 17.2 Å². The smallest absolute Gasteiger partial charge is 0.232 e. The van der Waals surface area contributed by atoms with E-state index in [0.717, 1.165) is 36.1 Å². The lowest BCUT2D eigenvalue weighted by Gasteiger charge is -2.26. The summed E-state index contributed by atoms with van der Waals surface area (Å²) in [7, 11) is 0. The molecule has 2 nitrogen and oxygen atoms in total. The highest BCUT2D eigenvalue weighted by Crippen LogP contribution is 2.43. The monoisotopic (exact) mass is 327 g/mol. The fraction of sp³-hybridized carbons (Fsp3) is 0.316. The number of benzene rings is 1. The summed E-state index contributed by atoms with van der Waals surface area (Å²) < 4.78 is 12.8. The molecule has 0 unspecified atom stereocenters. The number of nitrogens with one attached hydrogen (secondary N) is 1. The molecule has 4 heteroatoms. The van der Waals surface area contributed by atoms with Crippen molar-refractivity contribution in [1.29, 1.82) is 0 Å². The first-order chi connectivity index (χ1) is 11.2. The van der Waals surface area contributed by atoms with Gasteiger partial charge < -0.3 is 5.32 Å². The number of thiophene rings is 1. The quantitative estimate of drug-likeness (QED) is 0.852. The van der Waals surface area contributed by atoms with Crippen LogP contribution >= 0.6 is 11.3 Å². The van der Waals surface area contributed by atoms with Gasteiger partial charge in [-0.05, 0) is 48.6 Å². The van der Waals surface area contributed by atoms with Gasteiger partial charge in [0, 0.05) is 10.4 Å². The summed E-state index contributed by atoms with van der Waals surface area (Å²) in [6.07, 6.45) is 3.99. The maximum atomic E-state index is 12.8. The van der Waals surface area contributed by atoms with Crippen LogP contribution in [0.4, 0.5) is 4.39 Å². The van der Waals surface area contributed by atoms with E-state index in [1.807, 2.05) is 11.4 Å². The molecule has 1 aromatic heterocycles. The van der Waals surface area contributed by atoms with Gasteiger partial charge in [0.2, 0.25) is 5.91 Å². The number of rotatable bonds is 3. The van der Waals surface area contributed by atoms with E-state index in [1.165, 1.54) is 12.1 Å². The lowest BCUT2D eigenvalue weighted by Crippen LogP contribution is -2.42. The molecular formula is C19H18FNOS. The second kappa shape index (κ2) is 6.97. The predicted molar refractivity (Wildman–Crippen MR) is 90.8 cm³/mol. The van der Waals surface area contributed by atoms with Crippen LogP contribution in [0.25, 0.3) is 0 Å². The molecule has 1 aromatic carbocycles. The van der Waals surface area contributed by atoms with Gasteiger partial charge in [-0.3, -0.25) is 4.79 Å². The number of carbonyl (C=O) groups excluding carboxylic acids is 1. The maximum Gasteiger partial charge on any atom is 0.232 e. The molecule has 1 heterocycles. The van der Waals surface area contributed by atoms with Crippen molar-refractivity contribution in [3.05, 3.63) is 58.0 Å². The first kappa shape index (κ1) is 15.8. The van der Waals surface area contributed by atoms with Crippen molar-refractivity contribution in [2.75, 3.05) is 6.54 Å². The van der Waals surface area contributed by atoms with E-state index in [-0.39, 0.29) is 17.1 Å². The van der Waals surface area contributed by atoms with E-state index in [0.29, 0.717) is 6.54 Å². The van der Waals surface area contributed by atoms with Gasteiger partial charge in [0.05, 0.1) is 12.0 Å². The summed E-state index contributed by atoms with van der Waals surface area (Å²) in [5.74, 6) is 5.67. The number of amides is 1. The Morgan fingerprint density at radius 3 is 2.61 bits per heavy atom. The summed E-state index contributed by atoms with van der Waals surface area (Å²) in [6.45, 7) is 0.309. The van der Waals surface area contributed by atoms with E-state index in [4.69, 9.17) is 0 Å². The van der Waals surface area contributed by atoms with Crippen LogP contribution in [0.3, 0.4) is 0 Å². The number of hydrogen-bond donors (Lipinski definition) is 1. The van der Waals surface area contributed by atoms with Crippen LogP contribution in [-0.2, 0) is 10.2 Å². The van der Waals surface area contributed by atoms with E-state index in [1.54, 1.807) is 23.5 Å². The Balaban J connectivity index is 1.64. The van der Waals surface area contributed by atoms with Gasteiger partial charge in [0.25, 0.3) is 0 Å². The predicted octanol–water partition coefficient (Wildman–Crippen LogP) is 3.87. The zero-order valence-electron chi connectivity index (χ0n) is 12.8. The van der Waals surface area contributed by atoms with Crippen LogP contribution < -0.4 is 5.32 Å². The van der Waals surface area contributed by atoms with Crippen molar-refractivity contribution < 1.29 is 9.18 Å². The number of halogens is 1. The Labute approximate surface area is 139 Å². The van der Waals surface area contributed by atoms with Crippen LogP contribution in [0.2, 0.25) is 0 Å². The average molecular weight is 327 g/mol. The molecule has 0 bridgehead atoms. The molecule has 2 aromatic rings. The molecule has 118 valence electrons. The first-order valence-corrected chi connectivity index (χ1v) is 8.65. The normalized spacial score (nSPS) is 15.7. The Hall–Kier alpha value is -2.12. The van der Waals surface area contributed by atoms with Crippen LogP contribution in [0.5, 0.6) is 0 Å². The summed E-state index contributed by atoms with van der Waals surface area (Å²) in [5.41, 5.74) is 0.376. The van der Waals surface area contributed by atoms with Crippen molar-refractivity contribution in [3.8, 4) is 11.8 Å². The third-order valence-corrected chi connectivity index (χ3v) is 5.37. The van der Waals surface area contributed by atoms with Gasteiger partial charge in [-0.25, -0.2) is 4.39 Å². The molecular weight excluding hydrogens is 309 g/mol. The number of carbonyl (C=O) groups is 1. The summed E-state index contributed by atoms with van der Waals surface area (Å²) >= 11 is 1.65. The Morgan fingerprint density at radius 2 is 1.96 bits per heavy atom. The Morgan fingerprint density at radius 1 is 1.22 bits per heavy atom. The van der Waals surface area contributed by atoms with Gasteiger partial charge in [-0.2, -0.15) is 0 Å². The molecule has 3 rings (SSSR count). The zero-order valence-corrected chi connectivity index (χ0v) is 13.6. The van der Waals surface area contributed by atoms with E-state index < -0.39 is 0 Å². The molecule has 1 aliphatic rings. The van der Waals surface area contributed by atoms with Gasteiger partial charge in [0.1, 0.15) is 5.82 Å². The van der Waals surface area contributed by atoms with Gasteiger partial charge in [-0.1, -0.05) is 30.7 Å². The summed E-state index contributed by atoms with van der Waals surface area (Å²) in [4.78, 5) is 13.9. The average Bonchev–Trinajstić information content (AvgIpc) is 3.24. The van der Waals surface area contributed by atoms with Crippen LogP contribution in [0.15, 0.2) is 41.8 Å². The van der Waals surface area contributed by atoms with E-state index in [9.17, 15) is 9.18 Å². The fourth-order valence-electron chi connectivity index (χ4n) is 3.09. The highest BCUT2D eigenvalue weighted by molar-refractivity contribution is 7.10. The molecule has 0 saturated heterocycles. The minimum atomic E-state index is -0.369. The zero-order chi connectivity index (χ0) is 16.1. The van der Waals surface area contributed by atoms with Crippen molar-refractivity contribution in [2.24, 2.45) is 0 Å². The topological polar surface area (TPSA) is 29.1 Å². The molecule has 0 radical (unpaired) electrons. The summed E-state index contributed by atoms with van der Waals surface area (Å²) in [6, 6.07) is 10.1. The van der Waals surface area contributed by atoms with Gasteiger partial charge in [0.15, 0.2) is 0 Å². The lowest BCUT2D eigenvalue weighted by molar-refractivity contribution is -0.126. The fourth-order valence-corrected chi connectivity index (χ4v) is 4.07. The van der Waals surface area contributed by atoms with Crippen LogP contribution in [0.1, 0.15) is 36.1 Å². The third kappa shape index (κ3) is 3.46. The lowest BCUT2D eigenvalue weighted by atomic mass is 9.83. The van der Waals surface area contributed by atoms with E-state index in [2.05, 4.69) is 23.2 Å². The van der Waals surface area contributed by atoms with Crippen LogP contribution in [0, 0.1) is 17.7 Å². The van der Waals surface area contributed by atoms with E-state index >= 15 is 0 Å². The molecule has 0 atom stereocenters. The van der Waals surface area contributed by atoms with Gasteiger partial charge >= 0.3 is 0 Å². The highest BCUT2D eigenvalue weighted by atomic mass is 32.1. The van der Waals surface area contributed by atoms with Gasteiger partial charge in [-0.15, -0.1) is 11.3 Å². The second-order valence-corrected chi connectivity index (χ2v) is 6.71. The van der Waals surface area contributed by atoms with Crippen molar-refractivity contribution in [1.82, 2.24) is 5.32 Å². The minimum absolute atomic E-state index is 0.0749. The van der Waals surface area contributed by atoms with Crippen molar-refractivity contribution in [3.63, 3.8) is 0 Å². The first-order valence-electron chi connectivity index (χ1n) is 7.77. The molecule has 1 saturated carbocycles. The van der Waals surface area contributed by atoms with Crippen molar-refractivity contribution in [2.45, 2.75) is 31.1 Å². The van der Waals surface area contributed by atoms with Crippen LogP contribution in [-0.4, -0.2) is 12.5 Å². The standard InChI is InChI=1S/C19H18FNOS/c20-16-9-7-15(8-10-16)5-3-13-21-18(22)19(11-1-2-12-19)17-6-4-14-23-17/h4,6-10,14H,1-2,11-13H2,(H,21,22). The third-order valence-electron chi connectivity index (χ3n) is 4.30. The highest BCUT2D eigenvalue weighted by Gasteiger charge is 2.43.